The maximum atomic E-state index is 6.12. The Labute approximate surface area is 202 Å². The molecule has 0 radical (unpaired) electrons. The summed E-state index contributed by atoms with van der Waals surface area (Å²) in [4.78, 5) is 12.4. The summed E-state index contributed by atoms with van der Waals surface area (Å²) in [5, 5.41) is 0.775. The van der Waals surface area contributed by atoms with Gasteiger partial charge in [-0.3, -0.25) is 9.88 Å². The number of halogens is 1. The maximum absolute atomic E-state index is 6.12. The predicted octanol–water partition coefficient (Wildman–Crippen LogP) is 5.33. The van der Waals surface area contributed by atoms with Crippen LogP contribution in [0.25, 0.3) is 11.1 Å². The molecule has 2 aliphatic heterocycles. The van der Waals surface area contributed by atoms with Gasteiger partial charge in [-0.1, -0.05) is 29.8 Å². The van der Waals surface area contributed by atoms with Crippen LogP contribution in [0.4, 0.5) is 5.69 Å². The summed E-state index contributed by atoms with van der Waals surface area (Å²) in [5.74, 6) is 0. The first-order chi connectivity index (χ1) is 16.0. The van der Waals surface area contributed by atoms with Gasteiger partial charge in [0, 0.05) is 68.3 Å². The fourth-order valence-electron chi connectivity index (χ4n) is 5.23. The third-order valence-corrected chi connectivity index (χ3v) is 7.49. The van der Waals surface area contributed by atoms with Gasteiger partial charge in [-0.2, -0.15) is 0 Å². The van der Waals surface area contributed by atoms with Crippen molar-refractivity contribution in [3.05, 3.63) is 81.6 Å². The van der Waals surface area contributed by atoms with Crippen LogP contribution >= 0.6 is 11.6 Å². The Balaban J connectivity index is 1.33. The van der Waals surface area contributed by atoms with Gasteiger partial charge in [0.1, 0.15) is 0 Å². The van der Waals surface area contributed by atoms with Gasteiger partial charge >= 0.3 is 0 Å². The van der Waals surface area contributed by atoms with E-state index in [0.29, 0.717) is 0 Å². The van der Waals surface area contributed by atoms with Crippen molar-refractivity contribution in [3.63, 3.8) is 0 Å². The van der Waals surface area contributed by atoms with E-state index >= 15 is 0 Å². The van der Waals surface area contributed by atoms with Crippen LogP contribution in [0.2, 0.25) is 5.02 Å². The molecule has 0 bridgehead atoms. The third-order valence-electron chi connectivity index (χ3n) is 7.25. The molecule has 3 aromatic rings. The lowest BCUT2D eigenvalue weighted by Gasteiger charge is -2.38. The molecular formula is C28H33ClN4. The Hall–Kier alpha value is -2.40. The Bertz CT molecular complexity index is 1130. The van der Waals surface area contributed by atoms with Crippen molar-refractivity contribution in [1.29, 1.82) is 0 Å². The summed E-state index contributed by atoms with van der Waals surface area (Å²) in [6.45, 7) is 11.8. The summed E-state index contributed by atoms with van der Waals surface area (Å²) >= 11 is 6.12. The molecule has 5 heteroatoms. The molecule has 1 aromatic heterocycles. The number of rotatable bonds is 4. The number of nitrogens with zero attached hydrogens (tertiary/aromatic N) is 4. The second kappa shape index (κ2) is 9.46. The lowest BCUT2D eigenvalue weighted by Crippen LogP contribution is -2.45. The Morgan fingerprint density at radius 3 is 2.42 bits per heavy atom. The number of fused-ring (bicyclic) bond motifs is 1. The number of piperazine rings is 1. The van der Waals surface area contributed by atoms with E-state index in [1.807, 2.05) is 18.3 Å². The lowest BCUT2D eigenvalue weighted by molar-refractivity contribution is 0.242. The molecule has 2 aromatic carbocycles. The zero-order valence-electron chi connectivity index (χ0n) is 19.9. The number of benzene rings is 2. The van der Waals surface area contributed by atoms with Crippen LogP contribution in [0.15, 0.2) is 48.7 Å². The van der Waals surface area contributed by atoms with Crippen LogP contribution in [0.5, 0.6) is 0 Å². The summed E-state index contributed by atoms with van der Waals surface area (Å²) in [6.07, 6.45) is 3.12. The summed E-state index contributed by atoms with van der Waals surface area (Å²) < 4.78 is 0. The number of aryl methyl sites for hydroxylation is 2. The molecule has 4 nitrogen and oxygen atoms in total. The lowest BCUT2D eigenvalue weighted by atomic mass is 9.92. The molecule has 33 heavy (non-hydrogen) atoms. The Kier molecular flexibility index (Phi) is 6.42. The molecule has 2 aliphatic rings. The van der Waals surface area contributed by atoms with Crippen molar-refractivity contribution in [3.8, 4) is 11.1 Å². The van der Waals surface area contributed by atoms with Gasteiger partial charge in [0.05, 0.1) is 5.69 Å². The van der Waals surface area contributed by atoms with Crippen LogP contribution in [-0.4, -0.2) is 54.6 Å². The quantitative estimate of drug-likeness (QED) is 0.524. The molecule has 172 valence electrons. The highest BCUT2D eigenvalue weighted by Crippen LogP contribution is 2.33. The number of pyridine rings is 1. The summed E-state index contributed by atoms with van der Waals surface area (Å²) in [7, 11) is 2.22. The first kappa shape index (κ1) is 22.4. The zero-order valence-corrected chi connectivity index (χ0v) is 20.7. The SMILES string of the molecule is Cc1cc(Cl)ccc1-c1ccc(CN2CCc3c(C)ccc(N4CCN(C)CC4)c3C2)nc1. The van der Waals surface area contributed by atoms with E-state index in [2.05, 4.69) is 65.9 Å². The minimum absolute atomic E-state index is 0.775. The fraction of sp³-hybridized carbons (Fsp3) is 0.393. The van der Waals surface area contributed by atoms with Crippen molar-refractivity contribution in [2.24, 2.45) is 0 Å². The summed E-state index contributed by atoms with van der Waals surface area (Å²) in [5.41, 5.74) is 10.6. The minimum atomic E-state index is 0.775. The van der Waals surface area contributed by atoms with Gasteiger partial charge in [0.15, 0.2) is 0 Å². The molecule has 0 unspecified atom stereocenters. The van der Waals surface area contributed by atoms with Crippen molar-refractivity contribution in [1.82, 2.24) is 14.8 Å². The standard InChI is InChI=1S/C28H33ClN4/c1-20-4-9-28(33-14-12-31(3)13-15-33)27-19-32(11-10-26(20)27)18-24-7-5-22(17-30-24)25-8-6-23(29)16-21(25)2/h4-9,16-17H,10-15,18-19H2,1-3H3. The molecular weight excluding hydrogens is 428 g/mol. The highest BCUT2D eigenvalue weighted by atomic mass is 35.5. The van der Waals surface area contributed by atoms with Crippen molar-refractivity contribution < 1.29 is 0 Å². The molecule has 0 spiro atoms. The van der Waals surface area contributed by atoms with E-state index in [0.717, 1.165) is 68.5 Å². The van der Waals surface area contributed by atoms with Crippen LogP contribution in [0.3, 0.4) is 0 Å². The molecule has 3 heterocycles. The van der Waals surface area contributed by atoms with E-state index < -0.39 is 0 Å². The number of aromatic nitrogens is 1. The van der Waals surface area contributed by atoms with Gasteiger partial charge < -0.3 is 9.80 Å². The van der Waals surface area contributed by atoms with Crippen molar-refractivity contribution >= 4 is 17.3 Å². The molecule has 0 amide bonds. The topological polar surface area (TPSA) is 22.6 Å². The monoisotopic (exact) mass is 460 g/mol. The van der Waals surface area contributed by atoms with Gasteiger partial charge in [-0.05, 0) is 79.4 Å². The first-order valence-corrected chi connectivity index (χ1v) is 12.3. The maximum Gasteiger partial charge on any atom is 0.0544 e. The molecule has 1 saturated heterocycles. The van der Waals surface area contributed by atoms with Crippen molar-refractivity contribution in [2.75, 3.05) is 44.7 Å². The van der Waals surface area contributed by atoms with E-state index in [9.17, 15) is 0 Å². The van der Waals surface area contributed by atoms with Gasteiger partial charge in [0.25, 0.3) is 0 Å². The van der Waals surface area contributed by atoms with E-state index in [-0.39, 0.29) is 0 Å². The summed E-state index contributed by atoms with van der Waals surface area (Å²) in [6, 6.07) is 15.1. The van der Waals surface area contributed by atoms with Crippen LogP contribution in [0.1, 0.15) is 27.9 Å². The number of anilines is 1. The minimum Gasteiger partial charge on any atom is -0.369 e. The van der Waals surface area contributed by atoms with E-state index in [4.69, 9.17) is 16.6 Å². The smallest absolute Gasteiger partial charge is 0.0544 e. The van der Waals surface area contributed by atoms with Gasteiger partial charge in [0.2, 0.25) is 0 Å². The predicted molar refractivity (Wildman–Crippen MR) is 138 cm³/mol. The fourth-order valence-corrected chi connectivity index (χ4v) is 5.46. The molecule has 0 aliphatic carbocycles. The Morgan fingerprint density at radius 2 is 1.70 bits per heavy atom. The molecule has 1 fully saturated rings. The van der Waals surface area contributed by atoms with E-state index in [1.165, 1.54) is 27.9 Å². The molecule has 0 saturated carbocycles. The third kappa shape index (κ3) is 4.79. The Morgan fingerprint density at radius 1 is 0.879 bits per heavy atom. The van der Waals surface area contributed by atoms with Gasteiger partial charge in [-0.15, -0.1) is 0 Å². The second-order valence-corrected chi connectivity index (χ2v) is 10.0. The van der Waals surface area contributed by atoms with Gasteiger partial charge in [-0.25, -0.2) is 0 Å². The van der Waals surface area contributed by atoms with Crippen molar-refractivity contribution in [2.45, 2.75) is 33.4 Å². The molecule has 0 atom stereocenters. The highest BCUT2D eigenvalue weighted by molar-refractivity contribution is 6.30. The highest BCUT2D eigenvalue weighted by Gasteiger charge is 2.25. The second-order valence-electron chi connectivity index (χ2n) is 9.61. The number of likely N-dealkylation sites (N-methyl/N-ethyl adjacent to an activating group) is 1. The average molecular weight is 461 g/mol. The normalized spacial score (nSPS) is 17.3. The molecule has 0 N–H and O–H groups in total. The zero-order chi connectivity index (χ0) is 22.9. The van der Waals surface area contributed by atoms with Crippen LogP contribution in [-0.2, 0) is 19.5 Å². The van der Waals surface area contributed by atoms with Crippen LogP contribution < -0.4 is 4.90 Å². The molecule has 5 rings (SSSR count). The van der Waals surface area contributed by atoms with Crippen LogP contribution in [0, 0.1) is 13.8 Å². The number of hydrogen-bond acceptors (Lipinski definition) is 4. The largest absolute Gasteiger partial charge is 0.369 e. The first-order valence-electron chi connectivity index (χ1n) is 12.0. The van der Waals surface area contributed by atoms with E-state index in [1.54, 1.807) is 5.56 Å². The number of hydrogen-bond donors (Lipinski definition) is 0. The average Bonchev–Trinajstić information content (AvgIpc) is 2.81.